The third-order valence-electron chi connectivity index (χ3n) is 3.69. The molecule has 1 heterocycles. The number of rotatable bonds is 0. The van der Waals surface area contributed by atoms with Gasteiger partial charge in [-0.2, -0.15) is 5.26 Å². The number of hydrogen-bond acceptors (Lipinski definition) is 3. The van der Waals surface area contributed by atoms with Crippen LogP contribution in [0.2, 0.25) is 0 Å². The van der Waals surface area contributed by atoms with Crippen LogP contribution >= 0.6 is 0 Å². The quantitative estimate of drug-likeness (QED) is 0.720. The highest BCUT2D eigenvalue weighted by molar-refractivity contribution is 5.67. The van der Waals surface area contributed by atoms with E-state index >= 15 is 0 Å². The van der Waals surface area contributed by atoms with Crippen molar-refractivity contribution in [2.75, 3.05) is 5.32 Å². The van der Waals surface area contributed by atoms with Crippen molar-refractivity contribution >= 4 is 5.69 Å². The van der Waals surface area contributed by atoms with Gasteiger partial charge in [-0.25, -0.2) is 0 Å². The second kappa shape index (κ2) is 3.75. The summed E-state index contributed by atoms with van der Waals surface area (Å²) in [6.07, 6.45) is -0.496. The fraction of sp³-hybridized carbons (Fsp3) is 0.500. The van der Waals surface area contributed by atoms with E-state index in [4.69, 9.17) is 5.26 Å². The lowest BCUT2D eigenvalue weighted by Crippen LogP contribution is -2.50. The van der Waals surface area contributed by atoms with Gasteiger partial charge in [0.05, 0.1) is 23.3 Å². The fourth-order valence-electron chi connectivity index (χ4n) is 2.64. The number of aliphatic hydroxyl groups excluding tert-OH is 1. The van der Waals surface area contributed by atoms with Crippen LogP contribution < -0.4 is 5.32 Å². The minimum absolute atomic E-state index is 0.0317. The molecule has 3 heteroatoms. The number of hydrogen-bond donors (Lipinski definition) is 2. The van der Waals surface area contributed by atoms with E-state index in [0.717, 1.165) is 16.8 Å². The maximum Gasteiger partial charge on any atom is 0.0995 e. The van der Waals surface area contributed by atoms with E-state index in [1.165, 1.54) is 0 Å². The average Bonchev–Trinajstić information content (AvgIpc) is 2.28. The minimum Gasteiger partial charge on any atom is -0.390 e. The predicted molar refractivity (Wildman–Crippen MR) is 68.0 cm³/mol. The molecule has 1 aromatic carbocycles. The number of aryl methyl sites for hydroxylation is 1. The highest BCUT2D eigenvalue weighted by Crippen LogP contribution is 2.42. The Kier molecular flexibility index (Phi) is 2.63. The maximum absolute atomic E-state index is 10.3. The predicted octanol–water partition coefficient (Wildman–Crippen LogP) is 2.54. The molecular formula is C14H18N2O. The van der Waals surface area contributed by atoms with Crippen molar-refractivity contribution in [2.24, 2.45) is 0 Å². The van der Waals surface area contributed by atoms with E-state index in [2.05, 4.69) is 11.4 Å². The van der Waals surface area contributed by atoms with Crippen LogP contribution in [0.4, 0.5) is 5.69 Å². The zero-order chi connectivity index (χ0) is 12.8. The summed E-state index contributed by atoms with van der Waals surface area (Å²) in [5.74, 6) is -0.0317. The Hall–Kier alpha value is -1.53. The highest BCUT2D eigenvalue weighted by Gasteiger charge is 2.40. The number of aliphatic hydroxyl groups is 1. The largest absolute Gasteiger partial charge is 0.390 e. The van der Waals surface area contributed by atoms with Crippen LogP contribution in [0.25, 0.3) is 0 Å². The van der Waals surface area contributed by atoms with Crippen LogP contribution in [0, 0.1) is 18.3 Å². The first kappa shape index (κ1) is 11.9. The van der Waals surface area contributed by atoms with Crippen LogP contribution in [0.15, 0.2) is 12.1 Å². The van der Waals surface area contributed by atoms with Gasteiger partial charge >= 0.3 is 0 Å². The van der Waals surface area contributed by atoms with Crippen LogP contribution in [0.3, 0.4) is 0 Å². The molecule has 0 spiro atoms. The molecule has 0 saturated heterocycles. The van der Waals surface area contributed by atoms with Gasteiger partial charge in [0, 0.05) is 11.6 Å². The van der Waals surface area contributed by atoms with Crippen LogP contribution in [-0.4, -0.2) is 16.7 Å². The fourth-order valence-corrected chi connectivity index (χ4v) is 2.64. The molecule has 2 unspecified atom stereocenters. The number of benzene rings is 1. The molecule has 0 amide bonds. The summed E-state index contributed by atoms with van der Waals surface area (Å²) in [4.78, 5) is 0. The third kappa shape index (κ3) is 1.69. The second-order valence-corrected chi connectivity index (χ2v) is 5.41. The van der Waals surface area contributed by atoms with Crippen molar-refractivity contribution in [2.45, 2.75) is 45.3 Å². The van der Waals surface area contributed by atoms with Crippen LogP contribution in [0.5, 0.6) is 0 Å². The molecule has 0 saturated carbocycles. The summed E-state index contributed by atoms with van der Waals surface area (Å²) in [5.41, 5.74) is 3.35. The Labute approximate surface area is 102 Å². The Balaban J connectivity index is 2.68. The molecular weight excluding hydrogens is 212 g/mol. The second-order valence-electron chi connectivity index (χ2n) is 5.41. The molecule has 0 aromatic heterocycles. The Morgan fingerprint density at radius 3 is 2.65 bits per heavy atom. The van der Waals surface area contributed by atoms with Gasteiger partial charge in [0.1, 0.15) is 0 Å². The lowest BCUT2D eigenvalue weighted by atomic mass is 9.76. The Morgan fingerprint density at radius 2 is 2.06 bits per heavy atom. The molecule has 1 aliphatic heterocycles. The first-order valence-corrected chi connectivity index (χ1v) is 5.88. The zero-order valence-corrected chi connectivity index (χ0v) is 10.7. The molecule has 2 atom stereocenters. The van der Waals surface area contributed by atoms with E-state index in [1.807, 2.05) is 39.8 Å². The van der Waals surface area contributed by atoms with Crippen molar-refractivity contribution in [3.05, 3.63) is 28.8 Å². The lowest BCUT2D eigenvalue weighted by Gasteiger charge is -2.43. The monoisotopic (exact) mass is 230 g/mol. The summed E-state index contributed by atoms with van der Waals surface area (Å²) in [7, 11) is 0. The number of fused-ring (bicyclic) bond motifs is 1. The topological polar surface area (TPSA) is 56.0 Å². The first-order chi connectivity index (χ1) is 7.88. The van der Waals surface area contributed by atoms with Gasteiger partial charge in [-0.05, 0) is 38.0 Å². The van der Waals surface area contributed by atoms with Crippen LogP contribution in [0.1, 0.15) is 43.4 Å². The normalized spacial score (nSPS) is 25.6. The summed E-state index contributed by atoms with van der Waals surface area (Å²) < 4.78 is 0. The van der Waals surface area contributed by atoms with Crippen molar-refractivity contribution in [1.82, 2.24) is 0 Å². The number of nitriles is 1. The third-order valence-corrected chi connectivity index (χ3v) is 3.69. The van der Waals surface area contributed by atoms with Crippen molar-refractivity contribution in [3.8, 4) is 6.07 Å². The molecule has 1 aliphatic rings. The number of nitrogens with one attached hydrogen (secondary N) is 1. The van der Waals surface area contributed by atoms with E-state index in [1.54, 1.807) is 0 Å². The van der Waals surface area contributed by atoms with Gasteiger partial charge in [0.15, 0.2) is 0 Å². The molecule has 0 bridgehead atoms. The summed E-state index contributed by atoms with van der Waals surface area (Å²) in [6.45, 7) is 7.96. The van der Waals surface area contributed by atoms with Gasteiger partial charge in [-0.1, -0.05) is 13.0 Å². The van der Waals surface area contributed by atoms with E-state index < -0.39 is 6.10 Å². The van der Waals surface area contributed by atoms with Gasteiger partial charge in [0.25, 0.3) is 0 Å². The molecule has 90 valence electrons. The van der Waals surface area contributed by atoms with Crippen molar-refractivity contribution in [1.29, 1.82) is 5.26 Å². The number of nitrogens with zero attached hydrogens (tertiary/aromatic N) is 1. The minimum atomic E-state index is -0.496. The van der Waals surface area contributed by atoms with Gasteiger partial charge in [0.2, 0.25) is 0 Å². The molecule has 0 radical (unpaired) electrons. The molecule has 17 heavy (non-hydrogen) atoms. The number of anilines is 1. The zero-order valence-electron chi connectivity index (χ0n) is 10.7. The maximum atomic E-state index is 10.3. The van der Waals surface area contributed by atoms with Crippen LogP contribution in [-0.2, 0) is 0 Å². The standard InChI is InChI=1S/C14H18N2O/c1-8-5-6-10(7-15)11-9(2)13(17)14(3,4)16-12(8)11/h5-6,9,13,16-17H,1-4H3. The van der Waals surface area contributed by atoms with E-state index in [9.17, 15) is 5.11 Å². The smallest absolute Gasteiger partial charge is 0.0995 e. The average molecular weight is 230 g/mol. The van der Waals surface area contributed by atoms with Gasteiger partial charge in [-0.15, -0.1) is 0 Å². The summed E-state index contributed by atoms with van der Waals surface area (Å²) in [6, 6.07) is 5.99. The molecule has 2 N–H and O–H groups in total. The SMILES string of the molecule is Cc1ccc(C#N)c2c1NC(C)(C)C(O)C2C. The summed E-state index contributed by atoms with van der Waals surface area (Å²) in [5, 5.41) is 22.8. The van der Waals surface area contributed by atoms with E-state index in [-0.39, 0.29) is 11.5 Å². The highest BCUT2D eigenvalue weighted by atomic mass is 16.3. The van der Waals surface area contributed by atoms with Gasteiger partial charge in [-0.3, -0.25) is 0 Å². The summed E-state index contributed by atoms with van der Waals surface area (Å²) >= 11 is 0. The first-order valence-electron chi connectivity index (χ1n) is 5.88. The molecule has 2 rings (SSSR count). The molecule has 0 fully saturated rings. The Morgan fingerprint density at radius 1 is 1.41 bits per heavy atom. The van der Waals surface area contributed by atoms with Gasteiger partial charge < -0.3 is 10.4 Å². The molecule has 3 nitrogen and oxygen atoms in total. The Bertz CT molecular complexity index is 500. The van der Waals surface area contributed by atoms with E-state index in [0.29, 0.717) is 5.56 Å². The lowest BCUT2D eigenvalue weighted by molar-refractivity contribution is 0.0867. The van der Waals surface area contributed by atoms with Crippen molar-refractivity contribution < 1.29 is 5.11 Å². The van der Waals surface area contributed by atoms with Crippen molar-refractivity contribution in [3.63, 3.8) is 0 Å². The molecule has 1 aromatic rings. The molecule has 0 aliphatic carbocycles.